The average Bonchev–Trinajstić information content (AvgIpc) is 2.39. The average molecular weight is 215 g/mol. The molecule has 2 N–H and O–H groups in total. The van der Waals surface area contributed by atoms with Crippen LogP contribution in [0.5, 0.6) is 11.5 Å². The smallest absolute Gasteiger partial charge is 0.147 e. The summed E-state index contributed by atoms with van der Waals surface area (Å²) in [5, 5.41) is 0. The van der Waals surface area contributed by atoms with Gasteiger partial charge in [0.2, 0.25) is 0 Å². The van der Waals surface area contributed by atoms with Crippen LogP contribution in [0.2, 0.25) is 0 Å². The molecule has 0 bridgehead atoms. The molecule has 0 amide bonds. The Bertz CT molecular complexity index is 466. The molecule has 0 aliphatic heterocycles. The van der Waals surface area contributed by atoms with Crippen molar-refractivity contribution in [1.82, 2.24) is 0 Å². The molecule has 0 aliphatic carbocycles. The van der Waals surface area contributed by atoms with Gasteiger partial charge >= 0.3 is 0 Å². The molecule has 0 saturated carbocycles. The Labute approximate surface area is 94.4 Å². The molecule has 0 aliphatic rings. The summed E-state index contributed by atoms with van der Waals surface area (Å²) in [6.07, 6.45) is 0. The van der Waals surface area contributed by atoms with Gasteiger partial charge in [0.05, 0.1) is 7.11 Å². The van der Waals surface area contributed by atoms with Crippen molar-refractivity contribution in [2.24, 2.45) is 5.90 Å². The highest BCUT2D eigenvalue weighted by Gasteiger charge is 1.99. The molecule has 3 heteroatoms. The molecule has 2 aromatic carbocycles. The molecule has 0 atom stereocenters. The number of nitrogens with two attached hydrogens (primary N) is 1. The summed E-state index contributed by atoms with van der Waals surface area (Å²) in [5.74, 6) is 6.61. The molecule has 2 rings (SSSR count). The number of hydrogen-bond acceptors (Lipinski definition) is 3. The van der Waals surface area contributed by atoms with Crippen molar-refractivity contribution in [2.45, 2.75) is 0 Å². The van der Waals surface area contributed by atoms with Gasteiger partial charge in [-0.2, -0.15) is 5.90 Å². The fraction of sp³-hybridized carbons (Fsp3) is 0.0769. The van der Waals surface area contributed by atoms with Gasteiger partial charge in [0.25, 0.3) is 0 Å². The lowest BCUT2D eigenvalue weighted by atomic mass is 10.1. The van der Waals surface area contributed by atoms with Crippen molar-refractivity contribution < 1.29 is 9.57 Å². The highest BCUT2D eigenvalue weighted by atomic mass is 16.6. The van der Waals surface area contributed by atoms with E-state index in [0.717, 1.165) is 16.9 Å². The van der Waals surface area contributed by atoms with Crippen molar-refractivity contribution in [3.05, 3.63) is 48.5 Å². The van der Waals surface area contributed by atoms with Gasteiger partial charge in [-0.05, 0) is 35.4 Å². The Balaban J connectivity index is 2.34. The minimum atomic E-state index is 0.647. The quantitative estimate of drug-likeness (QED) is 0.800. The van der Waals surface area contributed by atoms with E-state index in [9.17, 15) is 0 Å². The van der Waals surface area contributed by atoms with E-state index in [2.05, 4.69) is 0 Å². The molecule has 2 aromatic rings. The van der Waals surface area contributed by atoms with E-state index in [-0.39, 0.29) is 0 Å². The van der Waals surface area contributed by atoms with Gasteiger partial charge in [0.15, 0.2) is 0 Å². The van der Waals surface area contributed by atoms with Gasteiger partial charge in [-0.25, -0.2) is 0 Å². The maximum atomic E-state index is 5.12. The van der Waals surface area contributed by atoms with Crippen LogP contribution < -0.4 is 15.5 Å². The van der Waals surface area contributed by atoms with Crippen molar-refractivity contribution in [2.75, 3.05) is 7.11 Å². The Kier molecular flexibility index (Phi) is 3.08. The second-order valence-corrected chi connectivity index (χ2v) is 3.37. The third-order valence-corrected chi connectivity index (χ3v) is 2.39. The number of rotatable bonds is 3. The Morgan fingerprint density at radius 3 is 2.25 bits per heavy atom. The number of hydrogen-bond donors (Lipinski definition) is 1. The van der Waals surface area contributed by atoms with E-state index in [4.69, 9.17) is 15.5 Å². The fourth-order valence-electron chi connectivity index (χ4n) is 1.53. The Morgan fingerprint density at radius 1 is 0.875 bits per heavy atom. The molecule has 0 radical (unpaired) electrons. The molecule has 0 heterocycles. The molecule has 0 unspecified atom stereocenters. The second-order valence-electron chi connectivity index (χ2n) is 3.37. The normalized spacial score (nSPS) is 9.88. The van der Waals surface area contributed by atoms with Gasteiger partial charge in [0, 0.05) is 0 Å². The predicted molar refractivity (Wildman–Crippen MR) is 63.2 cm³/mol. The second kappa shape index (κ2) is 4.68. The first-order valence-corrected chi connectivity index (χ1v) is 4.94. The first kappa shape index (κ1) is 10.5. The molecule has 0 saturated heterocycles. The minimum Gasteiger partial charge on any atom is -0.497 e. The minimum absolute atomic E-state index is 0.647. The molecule has 16 heavy (non-hydrogen) atoms. The van der Waals surface area contributed by atoms with Crippen molar-refractivity contribution >= 4 is 0 Å². The van der Waals surface area contributed by atoms with E-state index >= 15 is 0 Å². The summed E-state index contributed by atoms with van der Waals surface area (Å²) in [5.41, 5.74) is 2.16. The van der Waals surface area contributed by atoms with Gasteiger partial charge in [0.1, 0.15) is 11.5 Å². The Morgan fingerprint density at radius 2 is 1.62 bits per heavy atom. The molecule has 0 spiro atoms. The number of ether oxygens (including phenoxy) is 1. The maximum absolute atomic E-state index is 5.12. The lowest BCUT2D eigenvalue weighted by molar-refractivity contribution is 0.334. The number of methoxy groups -OCH3 is 1. The summed E-state index contributed by atoms with van der Waals surface area (Å²) in [7, 11) is 1.65. The van der Waals surface area contributed by atoms with Gasteiger partial charge in [-0.1, -0.05) is 24.3 Å². The zero-order chi connectivity index (χ0) is 11.4. The van der Waals surface area contributed by atoms with Crippen molar-refractivity contribution in [3.63, 3.8) is 0 Å². The molecular weight excluding hydrogens is 202 g/mol. The first-order chi connectivity index (χ1) is 7.83. The van der Waals surface area contributed by atoms with E-state index in [1.165, 1.54) is 0 Å². The highest BCUT2D eigenvalue weighted by molar-refractivity contribution is 5.65. The van der Waals surface area contributed by atoms with E-state index < -0.39 is 0 Å². The zero-order valence-corrected chi connectivity index (χ0v) is 9.01. The number of benzene rings is 2. The van der Waals surface area contributed by atoms with Crippen molar-refractivity contribution in [3.8, 4) is 22.6 Å². The summed E-state index contributed by atoms with van der Waals surface area (Å²) >= 11 is 0. The molecule has 0 fully saturated rings. The fourth-order valence-corrected chi connectivity index (χ4v) is 1.53. The van der Waals surface area contributed by atoms with Crippen LogP contribution in [0.25, 0.3) is 11.1 Å². The van der Waals surface area contributed by atoms with E-state index in [1.807, 2.05) is 48.5 Å². The first-order valence-electron chi connectivity index (χ1n) is 4.94. The topological polar surface area (TPSA) is 44.5 Å². The van der Waals surface area contributed by atoms with E-state index in [0.29, 0.717) is 5.75 Å². The van der Waals surface area contributed by atoms with Gasteiger partial charge in [-0.3, -0.25) is 0 Å². The van der Waals surface area contributed by atoms with Crippen LogP contribution in [0, 0.1) is 0 Å². The third-order valence-electron chi connectivity index (χ3n) is 2.39. The van der Waals surface area contributed by atoms with Crippen LogP contribution >= 0.6 is 0 Å². The van der Waals surface area contributed by atoms with Gasteiger partial charge in [-0.15, -0.1) is 0 Å². The van der Waals surface area contributed by atoms with Crippen LogP contribution in [0.1, 0.15) is 0 Å². The zero-order valence-electron chi connectivity index (χ0n) is 9.01. The van der Waals surface area contributed by atoms with Crippen LogP contribution in [-0.2, 0) is 0 Å². The van der Waals surface area contributed by atoms with Crippen molar-refractivity contribution in [1.29, 1.82) is 0 Å². The van der Waals surface area contributed by atoms with Crippen LogP contribution in [-0.4, -0.2) is 7.11 Å². The summed E-state index contributed by atoms with van der Waals surface area (Å²) < 4.78 is 5.11. The van der Waals surface area contributed by atoms with Gasteiger partial charge < -0.3 is 9.57 Å². The largest absolute Gasteiger partial charge is 0.497 e. The van der Waals surface area contributed by atoms with Crippen LogP contribution in [0.15, 0.2) is 48.5 Å². The lowest BCUT2D eigenvalue weighted by Gasteiger charge is -2.05. The lowest BCUT2D eigenvalue weighted by Crippen LogP contribution is -2.01. The summed E-state index contributed by atoms with van der Waals surface area (Å²) in [6, 6.07) is 15.4. The third kappa shape index (κ3) is 2.15. The monoisotopic (exact) mass is 215 g/mol. The van der Waals surface area contributed by atoms with Crippen LogP contribution in [0.3, 0.4) is 0 Å². The highest BCUT2D eigenvalue weighted by Crippen LogP contribution is 2.25. The predicted octanol–water partition coefficient (Wildman–Crippen LogP) is 2.61. The summed E-state index contributed by atoms with van der Waals surface area (Å²) in [6.45, 7) is 0. The SMILES string of the molecule is COc1ccc(-c2cccc(ON)c2)cc1. The molecule has 0 aromatic heterocycles. The van der Waals surface area contributed by atoms with E-state index in [1.54, 1.807) is 7.11 Å². The molecule has 3 nitrogen and oxygen atoms in total. The van der Waals surface area contributed by atoms with Crippen LogP contribution in [0.4, 0.5) is 0 Å². The standard InChI is InChI=1S/C13H13NO2/c1-15-12-7-5-10(6-8-12)11-3-2-4-13(9-11)16-14/h2-9H,14H2,1H3. The summed E-state index contributed by atoms with van der Waals surface area (Å²) in [4.78, 5) is 4.70. The maximum Gasteiger partial charge on any atom is 0.147 e. The Hall–Kier alpha value is -2.00. The molecular formula is C13H13NO2. The molecule has 82 valence electrons.